The normalized spacial score (nSPS) is 39.3. The summed E-state index contributed by atoms with van der Waals surface area (Å²) in [5, 5.41) is 0. The summed E-state index contributed by atoms with van der Waals surface area (Å²) in [6.45, 7) is -6.81. The summed E-state index contributed by atoms with van der Waals surface area (Å²) < 4.78 is 124. The summed E-state index contributed by atoms with van der Waals surface area (Å²) in [5.41, 5.74) is 5.55. The van der Waals surface area contributed by atoms with Crippen molar-refractivity contribution in [2.75, 3.05) is 27.3 Å². The van der Waals surface area contributed by atoms with Gasteiger partial charge in [-0.3, -0.25) is 9.69 Å². The lowest BCUT2D eigenvalue weighted by molar-refractivity contribution is -0.160. The molecule has 2 N–H and O–H groups in total. The number of benzene rings is 1. The van der Waals surface area contributed by atoms with Gasteiger partial charge < -0.3 is 19.9 Å². The second-order valence-electron chi connectivity index (χ2n) is 7.87. The fourth-order valence-electron chi connectivity index (χ4n) is 3.92. The Morgan fingerprint density at radius 2 is 2.07 bits per heavy atom. The Kier molecular flexibility index (Phi) is 3.57. The molecule has 1 fully saturated rings. The van der Waals surface area contributed by atoms with E-state index >= 15 is 0 Å². The first kappa shape index (κ1) is 11.2. The molecule has 3 unspecified atom stereocenters. The van der Waals surface area contributed by atoms with Gasteiger partial charge in [0.25, 0.3) is 0 Å². The van der Waals surface area contributed by atoms with E-state index in [-0.39, 0.29) is 41.5 Å². The molecule has 1 aromatic carbocycles. The standard InChI is InChI=1S/C24H38N2O4/c1-14(2)9-17-13-26-8-7-16-10-21(28-5)22(29-6)11-18(16)19(26)12-20(17)30-24(27)23(25)15(3)4/h10-11,14-15,17,19-20,23H,7-9,12-13,25H2,1-6H3/t17?,19?,20?,23-/m0/s1/i3D3,4D3,7D2,8D2,15D,19D,23D. The Bertz CT molecular complexity index is 1220. The lowest BCUT2D eigenvalue weighted by atomic mass is 9.79. The van der Waals surface area contributed by atoms with E-state index in [9.17, 15) is 6.17 Å². The zero-order valence-electron chi connectivity index (χ0n) is 30.7. The number of hydrogen-bond acceptors (Lipinski definition) is 6. The maximum Gasteiger partial charge on any atom is 0.323 e. The lowest BCUT2D eigenvalue weighted by Crippen LogP contribution is -2.51. The van der Waals surface area contributed by atoms with Crippen molar-refractivity contribution in [2.24, 2.45) is 23.5 Å². The van der Waals surface area contributed by atoms with Crippen molar-refractivity contribution < 1.29 is 36.8 Å². The number of esters is 1. The molecule has 0 aromatic heterocycles. The third-order valence-electron chi connectivity index (χ3n) is 5.35. The Morgan fingerprint density at radius 1 is 1.37 bits per heavy atom. The SMILES string of the molecule is [2H]C12CC(OC(=O)[C@@]([2H])(N)C([2H])(C([2H])([2H])[2H])C([2H])([2H])[2H])C(CC(C)C)CN1C([2H])([2H])C([2H])([2H])c1cc(OC)c(OC)cc12. The van der Waals surface area contributed by atoms with Gasteiger partial charge in [-0.2, -0.15) is 0 Å². The predicted molar refractivity (Wildman–Crippen MR) is 118 cm³/mol. The summed E-state index contributed by atoms with van der Waals surface area (Å²) >= 11 is 0. The van der Waals surface area contributed by atoms with E-state index < -0.39 is 68.9 Å². The van der Waals surface area contributed by atoms with Gasteiger partial charge >= 0.3 is 5.97 Å². The van der Waals surface area contributed by atoms with Crippen molar-refractivity contribution in [1.82, 2.24) is 4.90 Å². The van der Waals surface area contributed by atoms with E-state index in [1.807, 2.05) is 13.8 Å². The maximum atomic E-state index is 13.4. The van der Waals surface area contributed by atoms with Gasteiger partial charge in [0.05, 0.1) is 17.0 Å². The molecule has 0 bridgehead atoms. The summed E-state index contributed by atoms with van der Waals surface area (Å²) in [6, 6.07) is -3.10. The number of nitrogens with zero attached hydrogens (tertiary/aromatic N) is 1. The number of carbonyl (C=O) groups excluding carboxylic acids is 1. The highest BCUT2D eigenvalue weighted by molar-refractivity contribution is 5.76. The summed E-state index contributed by atoms with van der Waals surface area (Å²) in [6.07, 6.45) is -4.19. The molecular formula is C24H38N2O4. The van der Waals surface area contributed by atoms with Crippen LogP contribution in [0.15, 0.2) is 12.1 Å². The Morgan fingerprint density at radius 3 is 2.70 bits per heavy atom. The fourth-order valence-corrected chi connectivity index (χ4v) is 3.92. The van der Waals surface area contributed by atoms with Crippen molar-refractivity contribution in [3.63, 3.8) is 0 Å². The van der Waals surface area contributed by atoms with E-state index in [1.54, 1.807) is 0 Å². The average Bonchev–Trinajstić information content (AvgIpc) is 2.86. The number of methoxy groups -OCH3 is 2. The van der Waals surface area contributed by atoms with Crippen molar-refractivity contribution in [2.45, 2.75) is 64.9 Å². The molecule has 6 heteroatoms. The second-order valence-corrected chi connectivity index (χ2v) is 7.87. The van der Waals surface area contributed by atoms with E-state index in [2.05, 4.69) is 0 Å². The van der Waals surface area contributed by atoms with E-state index in [1.165, 1.54) is 26.4 Å². The highest BCUT2D eigenvalue weighted by Crippen LogP contribution is 2.44. The molecule has 168 valence electrons. The van der Waals surface area contributed by atoms with Crippen LogP contribution in [0.3, 0.4) is 0 Å². The zero-order valence-corrected chi connectivity index (χ0v) is 17.7. The van der Waals surface area contributed by atoms with Crippen LogP contribution in [0.25, 0.3) is 0 Å². The first-order chi connectivity index (χ1) is 19.3. The minimum atomic E-state index is -3.79. The molecule has 30 heavy (non-hydrogen) atoms. The molecule has 2 heterocycles. The maximum absolute atomic E-state index is 13.4. The monoisotopic (exact) mass is 431 g/mol. The van der Waals surface area contributed by atoms with Crippen LogP contribution in [0.1, 0.15) is 75.4 Å². The Balaban J connectivity index is 2.19. The molecule has 4 atom stereocenters. The number of fused-ring (bicyclic) bond motifs is 3. The van der Waals surface area contributed by atoms with Crippen LogP contribution in [0.5, 0.6) is 11.5 Å². The van der Waals surface area contributed by atoms with Gasteiger partial charge in [-0.05, 0) is 47.9 Å². The third-order valence-corrected chi connectivity index (χ3v) is 5.35. The van der Waals surface area contributed by atoms with Gasteiger partial charge in [-0.1, -0.05) is 27.6 Å². The summed E-state index contributed by atoms with van der Waals surface area (Å²) in [7, 11) is 2.65. The average molecular weight is 432 g/mol. The van der Waals surface area contributed by atoms with Crippen LogP contribution in [0.4, 0.5) is 0 Å². The molecule has 1 saturated heterocycles. The smallest absolute Gasteiger partial charge is 0.323 e. The number of piperidine rings is 1. The minimum absolute atomic E-state index is 0.000900. The van der Waals surface area contributed by atoms with E-state index in [0.29, 0.717) is 0 Å². The zero-order chi connectivity index (χ0) is 33.4. The number of rotatable bonds is 7. The molecule has 0 saturated carbocycles. The summed E-state index contributed by atoms with van der Waals surface area (Å²) in [5.74, 6) is -6.21. The second kappa shape index (κ2) is 9.56. The molecule has 2 aliphatic rings. The molecule has 2 aliphatic heterocycles. The molecule has 0 aliphatic carbocycles. The third kappa shape index (κ3) is 4.75. The molecular weight excluding hydrogens is 380 g/mol. The number of ether oxygens (including phenoxy) is 3. The molecule has 6 nitrogen and oxygen atoms in total. The first-order valence-electron chi connectivity index (χ1n) is 16.3. The quantitative estimate of drug-likeness (QED) is 0.666. The molecule has 3 rings (SSSR count). The van der Waals surface area contributed by atoms with E-state index in [4.69, 9.17) is 36.4 Å². The fraction of sp³-hybridized carbons (Fsp3) is 0.708. The number of carbonyl (C=O) groups is 1. The van der Waals surface area contributed by atoms with Gasteiger partial charge in [0.15, 0.2) is 11.5 Å². The van der Waals surface area contributed by atoms with Crippen LogP contribution in [-0.4, -0.2) is 50.3 Å². The van der Waals surface area contributed by atoms with Crippen LogP contribution >= 0.6 is 0 Å². The number of aryl methyl sites for hydroxylation is 1. The largest absolute Gasteiger partial charge is 0.493 e. The molecule has 0 spiro atoms. The minimum Gasteiger partial charge on any atom is -0.493 e. The van der Waals surface area contributed by atoms with Gasteiger partial charge in [-0.25, -0.2) is 0 Å². The van der Waals surface area contributed by atoms with Gasteiger partial charge in [-0.15, -0.1) is 0 Å². The topological polar surface area (TPSA) is 74.0 Å². The molecule has 0 amide bonds. The van der Waals surface area contributed by atoms with Gasteiger partial charge in [0.2, 0.25) is 0 Å². The van der Waals surface area contributed by atoms with Crippen molar-refractivity contribution in [1.29, 1.82) is 0 Å². The van der Waals surface area contributed by atoms with Gasteiger partial charge in [0, 0.05) is 46.5 Å². The highest BCUT2D eigenvalue weighted by atomic mass is 16.5. The van der Waals surface area contributed by atoms with Crippen LogP contribution in [0, 0.1) is 17.7 Å². The van der Waals surface area contributed by atoms with Crippen LogP contribution < -0.4 is 15.2 Å². The molecule has 0 radical (unpaired) electrons. The predicted octanol–water partition coefficient (Wildman–Crippen LogP) is 3.56. The van der Waals surface area contributed by atoms with Crippen molar-refractivity contribution >= 4 is 5.97 Å². The highest BCUT2D eigenvalue weighted by Gasteiger charge is 2.41. The van der Waals surface area contributed by atoms with Crippen LogP contribution in [-0.2, 0) is 15.9 Å². The van der Waals surface area contributed by atoms with Gasteiger partial charge in [0.1, 0.15) is 12.1 Å². The molecule has 1 aromatic rings. The first-order valence-corrected chi connectivity index (χ1v) is 9.80. The van der Waals surface area contributed by atoms with Crippen molar-refractivity contribution in [3.8, 4) is 11.5 Å². The summed E-state index contributed by atoms with van der Waals surface area (Å²) in [4.78, 5) is 14.5. The van der Waals surface area contributed by atoms with Crippen LogP contribution in [0.2, 0.25) is 0 Å². The lowest BCUT2D eigenvalue weighted by Gasteiger charge is -2.47. The Hall–Kier alpha value is -1.79. The van der Waals surface area contributed by atoms with Crippen molar-refractivity contribution in [3.05, 3.63) is 23.3 Å². The number of nitrogens with two attached hydrogens (primary N) is 1. The Labute approximate surface area is 199 Å². The number of hydrogen-bond donors (Lipinski definition) is 1. The van der Waals surface area contributed by atoms with E-state index in [0.717, 1.165) is 4.90 Å².